The number of furan rings is 1. The fourth-order valence-electron chi connectivity index (χ4n) is 3.50. The number of carbonyl (C=O) groups is 3. The number of nitrogens with zero attached hydrogens (tertiary/aromatic N) is 2. The Balaban J connectivity index is 1.84. The maximum absolute atomic E-state index is 13.9. The molecule has 2 aromatic heterocycles. The number of amides is 3. The number of nitrogens with one attached hydrogen (secondary N) is 1. The SMILES string of the molecule is COCCNC(=O)[C@H](c1ccc(C)o1)N(C(=O)c1snc(C(N)=O)c1N)c1ccc2c(c1)OCO2. The second kappa shape index (κ2) is 10.0. The summed E-state index contributed by atoms with van der Waals surface area (Å²) in [5.41, 5.74) is 11.3. The monoisotopic (exact) mass is 501 g/mol. The van der Waals surface area contributed by atoms with Gasteiger partial charge in [-0.3, -0.25) is 19.3 Å². The predicted molar refractivity (Wildman–Crippen MR) is 125 cm³/mol. The normalized spacial score (nSPS) is 12.9. The summed E-state index contributed by atoms with van der Waals surface area (Å²) >= 11 is 0.707. The van der Waals surface area contributed by atoms with Gasteiger partial charge in [-0.2, -0.15) is 4.37 Å². The fraction of sp³-hybridized carbons (Fsp3) is 0.273. The lowest BCUT2D eigenvalue weighted by Gasteiger charge is -2.29. The molecule has 0 aliphatic carbocycles. The van der Waals surface area contributed by atoms with Gasteiger partial charge in [-0.05, 0) is 42.7 Å². The molecule has 3 heterocycles. The van der Waals surface area contributed by atoms with Crippen LogP contribution in [0, 0.1) is 6.92 Å². The minimum absolute atomic E-state index is 0.0226. The number of hydrogen-bond donors (Lipinski definition) is 3. The lowest BCUT2D eigenvalue weighted by Crippen LogP contribution is -2.44. The van der Waals surface area contributed by atoms with E-state index in [1.807, 2.05) is 0 Å². The number of carbonyl (C=O) groups excluding carboxylic acids is 3. The predicted octanol–water partition coefficient (Wildman–Crippen LogP) is 1.61. The third-order valence-corrected chi connectivity index (χ3v) is 6.00. The first-order valence-corrected chi connectivity index (χ1v) is 11.2. The molecular formula is C22H23N5O7S. The van der Waals surface area contributed by atoms with Crippen LogP contribution < -0.4 is 31.2 Å². The van der Waals surface area contributed by atoms with Crippen LogP contribution in [0.2, 0.25) is 0 Å². The molecule has 3 aromatic rings. The highest BCUT2D eigenvalue weighted by molar-refractivity contribution is 7.09. The van der Waals surface area contributed by atoms with Crippen molar-refractivity contribution in [1.82, 2.24) is 9.69 Å². The maximum atomic E-state index is 13.9. The van der Waals surface area contributed by atoms with Gasteiger partial charge in [0.2, 0.25) is 6.79 Å². The van der Waals surface area contributed by atoms with E-state index in [9.17, 15) is 14.4 Å². The van der Waals surface area contributed by atoms with Crippen LogP contribution >= 0.6 is 11.5 Å². The number of methoxy groups -OCH3 is 1. The minimum Gasteiger partial charge on any atom is -0.464 e. The molecule has 0 saturated heterocycles. The largest absolute Gasteiger partial charge is 0.464 e. The van der Waals surface area contributed by atoms with Gasteiger partial charge in [0.05, 0.1) is 12.3 Å². The minimum atomic E-state index is -1.24. The molecule has 1 atom stereocenters. The quantitative estimate of drug-likeness (QED) is 0.368. The molecule has 13 heteroatoms. The van der Waals surface area contributed by atoms with Gasteiger partial charge in [-0.1, -0.05) is 0 Å². The third kappa shape index (κ3) is 4.76. The summed E-state index contributed by atoms with van der Waals surface area (Å²) in [7, 11) is 1.50. The number of anilines is 2. The smallest absolute Gasteiger partial charge is 0.273 e. The lowest BCUT2D eigenvalue weighted by atomic mass is 10.1. The van der Waals surface area contributed by atoms with Crippen LogP contribution in [-0.4, -0.2) is 49.1 Å². The van der Waals surface area contributed by atoms with Gasteiger partial charge in [-0.15, -0.1) is 0 Å². The zero-order valence-corrected chi connectivity index (χ0v) is 19.7. The molecule has 35 heavy (non-hydrogen) atoms. The average molecular weight is 502 g/mol. The van der Waals surface area contributed by atoms with Crippen molar-refractivity contribution >= 4 is 40.6 Å². The Morgan fingerprint density at radius 2 is 2.00 bits per heavy atom. The Morgan fingerprint density at radius 3 is 2.66 bits per heavy atom. The van der Waals surface area contributed by atoms with Crippen molar-refractivity contribution in [2.75, 3.05) is 37.7 Å². The van der Waals surface area contributed by atoms with E-state index in [0.717, 1.165) is 0 Å². The molecule has 0 spiro atoms. The lowest BCUT2D eigenvalue weighted by molar-refractivity contribution is -0.123. The molecular weight excluding hydrogens is 478 g/mol. The molecule has 1 aliphatic rings. The first-order valence-electron chi connectivity index (χ1n) is 10.4. The number of fused-ring (bicyclic) bond motifs is 1. The van der Waals surface area contributed by atoms with Gasteiger partial charge in [0.15, 0.2) is 23.2 Å². The van der Waals surface area contributed by atoms with Crippen molar-refractivity contribution in [2.45, 2.75) is 13.0 Å². The van der Waals surface area contributed by atoms with Gasteiger partial charge in [0.25, 0.3) is 17.7 Å². The molecule has 4 rings (SSSR count). The van der Waals surface area contributed by atoms with Gasteiger partial charge in [-0.25, -0.2) is 0 Å². The molecule has 1 aromatic carbocycles. The molecule has 0 bridgehead atoms. The van der Waals surface area contributed by atoms with Crippen LogP contribution in [0.15, 0.2) is 34.7 Å². The molecule has 0 fully saturated rings. The second-order valence-corrected chi connectivity index (χ2v) is 8.26. The van der Waals surface area contributed by atoms with Crippen LogP contribution in [0.4, 0.5) is 11.4 Å². The first-order chi connectivity index (χ1) is 16.8. The number of aryl methyl sites for hydroxylation is 1. The van der Waals surface area contributed by atoms with E-state index in [1.54, 1.807) is 37.3 Å². The van der Waals surface area contributed by atoms with E-state index >= 15 is 0 Å². The maximum Gasteiger partial charge on any atom is 0.273 e. The zero-order chi connectivity index (χ0) is 25.1. The number of ether oxygens (including phenoxy) is 3. The van der Waals surface area contributed by atoms with Crippen molar-refractivity contribution < 1.29 is 33.0 Å². The molecule has 3 amide bonds. The van der Waals surface area contributed by atoms with Gasteiger partial charge >= 0.3 is 0 Å². The summed E-state index contributed by atoms with van der Waals surface area (Å²) in [6.45, 7) is 2.20. The summed E-state index contributed by atoms with van der Waals surface area (Å²) in [4.78, 5) is 40.1. The van der Waals surface area contributed by atoms with E-state index in [0.29, 0.717) is 34.5 Å². The summed E-state index contributed by atoms with van der Waals surface area (Å²) in [5, 5.41) is 2.75. The number of rotatable bonds is 9. The zero-order valence-electron chi connectivity index (χ0n) is 18.9. The van der Waals surface area contributed by atoms with Gasteiger partial charge in [0, 0.05) is 25.4 Å². The highest BCUT2D eigenvalue weighted by Crippen LogP contribution is 2.40. The number of aromatic nitrogens is 1. The summed E-state index contributed by atoms with van der Waals surface area (Å²) in [6.07, 6.45) is 0. The Hall–Kier alpha value is -4.10. The Morgan fingerprint density at radius 1 is 1.23 bits per heavy atom. The van der Waals surface area contributed by atoms with Crippen LogP contribution in [-0.2, 0) is 9.53 Å². The standard InChI is InChI=1S/C22H23N5O7S/c1-11-3-5-14(34-11)18(21(29)25-7-8-31-2)27(12-4-6-13-15(9-12)33-10-32-13)22(30)19-16(23)17(20(24)28)26-35-19/h3-6,9,18H,7-8,10,23H2,1-2H3,(H2,24,28)(H,25,29)/t18-/m0/s1. The Kier molecular flexibility index (Phi) is 6.89. The molecule has 0 saturated carbocycles. The Labute approximate surface area is 203 Å². The highest BCUT2D eigenvalue weighted by Gasteiger charge is 2.38. The molecule has 5 N–H and O–H groups in total. The van der Waals surface area contributed by atoms with Crippen molar-refractivity contribution in [3.63, 3.8) is 0 Å². The van der Waals surface area contributed by atoms with Crippen molar-refractivity contribution in [3.8, 4) is 11.5 Å². The summed E-state index contributed by atoms with van der Waals surface area (Å²) < 4.78 is 25.5. The van der Waals surface area contributed by atoms with Crippen LogP contribution in [0.3, 0.4) is 0 Å². The van der Waals surface area contributed by atoms with Crippen molar-refractivity contribution in [3.05, 3.63) is 52.4 Å². The van der Waals surface area contributed by atoms with Crippen LogP contribution in [0.5, 0.6) is 11.5 Å². The fourth-order valence-corrected chi connectivity index (χ4v) is 4.25. The summed E-state index contributed by atoms with van der Waals surface area (Å²) in [5.74, 6) is -0.451. The van der Waals surface area contributed by atoms with E-state index < -0.39 is 23.8 Å². The van der Waals surface area contributed by atoms with Gasteiger partial charge < -0.3 is 35.4 Å². The Bertz CT molecular complexity index is 1270. The van der Waals surface area contributed by atoms with Crippen molar-refractivity contribution in [2.24, 2.45) is 5.73 Å². The molecule has 0 unspecified atom stereocenters. The number of nitrogens with two attached hydrogens (primary N) is 2. The molecule has 0 radical (unpaired) electrons. The summed E-state index contributed by atoms with van der Waals surface area (Å²) in [6, 6.07) is 6.83. The van der Waals surface area contributed by atoms with E-state index in [-0.39, 0.29) is 42.0 Å². The van der Waals surface area contributed by atoms with Crippen molar-refractivity contribution in [1.29, 1.82) is 0 Å². The third-order valence-electron chi connectivity index (χ3n) is 5.15. The van der Waals surface area contributed by atoms with Crippen LogP contribution in [0.1, 0.15) is 37.7 Å². The van der Waals surface area contributed by atoms with E-state index in [4.69, 9.17) is 30.1 Å². The molecule has 12 nitrogen and oxygen atoms in total. The van der Waals surface area contributed by atoms with E-state index in [1.165, 1.54) is 12.0 Å². The molecule has 1 aliphatic heterocycles. The number of benzene rings is 1. The highest BCUT2D eigenvalue weighted by atomic mass is 32.1. The van der Waals surface area contributed by atoms with Gasteiger partial charge in [0.1, 0.15) is 16.4 Å². The number of nitrogen functional groups attached to an aromatic ring is 1. The first kappa shape index (κ1) is 24.0. The topological polar surface area (TPSA) is 172 Å². The number of primary amides is 1. The van der Waals surface area contributed by atoms with E-state index in [2.05, 4.69) is 9.69 Å². The second-order valence-electron chi connectivity index (χ2n) is 7.49. The van der Waals surface area contributed by atoms with Crippen LogP contribution in [0.25, 0.3) is 0 Å². The molecule has 184 valence electrons. The number of hydrogen-bond acceptors (Lipinski definition) is 10. The average Bonchev–Trinajstić information content (AvgIpc) is 3.56.